The molecule has 0 saturated carbocycles. The van der Waals surface area contributed by atoms with Gasteiger partial charge in [-0.25, -0.2) is 0 Å². The molecule has 0 atom stereocenters. The molecule has 0 fully saturated rings. The van der Waals surface area contributed by atoms with Crippen LogP contribution in [0.3, 0.4) is 0 Å². The lowest BCUT2D eigenvalue weighted by molar-refractivity contribution is -0.115. The Labute approximate surface area is 136 Å². The normalized spacial score (nSPS) is 10.4. The van der Waals surface area contributed by atoms with Gasteiger partial charge < -0.3 is 5.32 Å². The maximum absolute atomic E-state index is 12.0. The first kappa shape index (κ1) is 15.5. The molecule has 0 saturated heterocycles. The molecule has 0 aliphatic carbocycles. The number of hydrogen-bond acceptors (Lipinski definition) is 1. The number of hydrogen-bond donors (Lipinski definition) is 1. The lowest BCUT2D eigenvalue weighted by Gasteiger charge is -2.09. The molecule has 0 bridgehead atoms. The fourth-order valence-corrected chi connectivity index (χ4v) is 2.46. The summed E-state index contributed by atoms with van der Waals surface area (Å²) >= 11 is 23.7. The van der Waals surface area contributed by atoms with Gasteiger partial charge in [-0.05, 0) is 29.8 Å². The van der Waals surface area contributed by atoms with E-state index in [-0.39, 0.29) is 12.3 Å². The van der Waals surface area contributed by atoms with E-state index in [9.17, 15) is 4.79 Å². The summed E-state index contributed by atoms with van der Waals surface area (Å²) in [6.45, 7) is 0. The Balaban J connectivity index is 2.11. The molecule has 2 aromatic rings. The Morgan fingerprint density at radius 1 is 1.00 bits per heavy atom. The molecule has 20 heavy (non-hydrogen) atoms. The predicted octanol–water partition coefficient (Wildman–Crippen LogP) is 5.48. The summed E-state index contributed by atoms with van der Waals surface area (Å²) in [5.74, 6) is -0.238. The van der Waals surface area contributed by atoms with E-state index in [2.05, 4.69) is 5.32 Å². The molecule has 0 spiro atoms. The summed E-state index contributed by atoms with van der Waals surface area (Å²) in [7, 11) is 0. The van der Waals surface area contributed by atoms with Gasteiger partial charge in [0.2, 0.25) is 5.91 Å². The highest BCUT2D eigenvalue weighted by Crippen LogP contribution is 2.29. The highest BCUT2D eigenvalue weighted by molar-refractivity contribution is 6.44. The molecule has 104 valence electrons. The first-order chi connectivity index (χ1) is 9.47. The second-order valence-corrected chi connectivity index (χ2v) is 5.69. The molecule has 1 amide bonds. The average molecular weight is 349 g/mol. The summed E-state index contributed by atoms with van der Waals surface area (Å²) in [5.41, 5.74) is 1.15. The summed E-state index contributed by atoms with van der Waals surface area (Å²) in [5, 5.41) is 4.36. The Bertz CT molecular complexity index is 658. The lowest BCUT2D eigenvalue weighted by Crippen LogP contribution is -2.15. The smallest absolute Gasteiger partial charge is 0.228 e. The van der Waals surface area contributed by atoms with Crippen LogP contribution in [0.4, 0.5) is 5.69 Å². The fourth-order valence-electron chi connectivity index (χ4n) is 1.63. The van der Waals surface area contributed by atoms with E-state index < -0.39 is 0 Å². The van der Waals surface area contributed by atoms with Crippen molar-refractivity contribution >= 4 is 58.0 Å². The van der Waals surface area contributed by atoms with Gasteiger partial charge in [0, 0.05) is 10.0 Å². The summed E-state index contributed by atoms with van der Waals surface area (Å²) < 4.78 is 0. The SMILES string of the molecule is O=C(Cc1ccc(Cl)cc1Cl)Nc1cccc(Cl)c1Cl. The van der Waals surface area contributed by atoms with Crippen molar-refractivity contribution in [3.8, 4) is 0 Å². The van der Waals surface area contributed by atoms with Crippen LogP contribution >= 0.6 is 46.4 Å². The van der Waals surface area contributed by atoms with Crippen molar-refractivity contribution in [3.63, 3.8) is 0 Å². The predicted molar refractivity (Wildman–Crippen MR) is 85.3 cm³/mol. The molecule has 2 rings (SSSR count). The van der Waals surface area contributed by atoms with E-state index in [1.807, 2.05) is 0 Å². The Hall–Kier alpha value is -0.930. The summed E-state index contributed by atoms with van der Waals surface area (Å²) in [6.07, 6.45) is 0.124. The van der Waals surface area contributed by atoms with E-state index in [4.69, 9.17) is 46.4 Å². The molecule has 0 heterocycles. The lowest BCUT2D eigenvalue weighted by atomic mass is 10.1. The number of carbonyl (C=O) groups excluding carboxylic acids is 1. The number of carbonyl (C=O) groups is 1. The van der Waals surface area contributed by atoms with Crippen LogP contribution in [-0.4, -0.2) is 5.91 Å². The maximum Gasteiger partial charge on any atom is 0.228 e. The van der Waals surface area contributed by atoms with Crippen molar-refractivity contribution < 1.29 is 4.79 Å². The zero-order valence-electron chi connectivity index (χ0n) is 10.1. The van der Waals surface area contributed by atoms with E-state index in [1.54, 1.807) is 36.4 Å². The topological polar surface area (TPSA) is 29.1 Å². The molecule has 0 radical (unpaired) electrons. The van der Waals surface area contributed by atoms with Gasteiger partial charge in [-0.3, -0.25) is 4.79 Å². The highest BCUT2D eigenvalue weighted by Gasteiger charge is 2.11. The van der Waals surface area contributed by atoms with Crippen LogP contribution in [0.15, 0.2) is 36.4 Å². The number of nitrogens with one attached hydrogen (secondary N) is 1. The first-order valence-electron chi connectivity index (χ1n) is 5.65. The van der Waals surface area contributed by atoms with E-state index in [1.165, 1.54) is 0 Å². The number of amides is 1. The van der Waals surface area contributed by atoms with Crippen molar-refractivity contribution in [2.75, 3.05) is 5.32 Å². The van der Waals surface area contributed by atoms with Gasteiger partial charge >= 0.3 is 0 Å². The van der Waals surface area contributed by atoms with Crippen molar-refractivity contribution in [2.45, 2.75) is 6.42 Å². The molecule has 0 unspecified atom stereocenters. The number of rotatable bonds is 3. The standard InChI is InChI=1S/C14H9Cl4NO/c15-9-5-4-8(11(17)7-9)6-13(20)19-12-3-1-2-10(16)14(12)18/h1-5,7H,6H2,(H,19,20). The van der Waals surface area contributed by atoms with Gasteiger partial charge in [-0.1, -0.05) is 58.5 Å². The van der Waals surface area contributed by atoms with E-state index in [0.29, 0.717) is 31.3 Å². The molecular formula is C14H9Cl4NO. The largest absolute Gasteiger partial charge is 0.324 e. The number of halogens is 4. The average Bonchev–Trinajstić information content (AvgIpc) is 2.38. The van der Waals surface area contributed by atoms with E-state index >= 15 is 0 Å². The van der Waals surface area contributed by atoms with E-state index in [0.717, 1.165) is 0 Å². The Morgan fingerprint density at radius 2 is 1.75 bits per heavy atom. The molecular weight excluding hydrogens is 340 g/mol. The van der Waals surface area contributed by atoms with Gasteiger partial charge in [0.05, 0.1) is 22.2 Å². The van der Waals surface area contributed by atoms with Gasteiger partial charge in [-0.2, -0.15) is 0 Å². The Morgan fingerprint density at radius 3 is 2.45 bits per heavy atom. The van der Waals surface area contributed by atoms with Crippen LogP contribution < -0.4 is 5.32 Å². The minimum absolute atomic E-state index is 0.124. The molecule has 1 N–H and O–H groups in total. The van der Waals surface area contributed by atoms with Crippen molar-refractivity contribution in [3.05, 3.63) is 62.1 Å². The van der Waals surface area contributed by atoms with Crippen LogP contribution in [-0.2, 0) is 11.2 Å². The quantitative estimate of drug-likeness (QED) is 0.781. The molecule has 2 nitrogen and oxygen atoms in total. The first-order valence-corrected chi connectivity index (χ1v) is 7.16. The zero-order chi connectivity index (χ0) is 14.7. The monoisotopic (exact) mass is 347 g/mol. The zero-order valence-corrected chi connectivity index (χ0v) is 13.1. The minimum atomic E-state index is -0.238. The van der Waals surface area contributed by atoms with Crippen molar-refractivity contribution in [1.29, 1.82) is 0 Å². The van der Waals surface area contributed by atoms with Crippen LogP contribution in [0.1, 0.15) is 5.56 Å². The Kier molecular flexibility index (Phi) is 5.17. The second-order valence-electron chi connectivity index (χ2n) is 4.06. The van der Waals surface area contributed by atoms with Crippen LogP contribution in [0.25, 0.3) is 0 Å². The molecule has 0 aromatic heterocycles. The van der Waals surface area contributed by atoms with Crippen LogP contribution in [0, 0.1) is 0 Å². The molecule has 6 heteroatoms. The molecule has 2 aromatic carbocycles. The second kappa shape index (κ2) is 6.68. The van der Waals surface area contributed by atoms with Gasteiger partial charge in [0.15, 0.2) is 0 Å². The maximum atomic E-state index is 12.0. The number of anilines is 1. The minimum Gasteiger partial charge on any atom is -0.324 e. The van der Waals surface area contributed by atoms with Gasteiger partial charge in [0.1, 0.15) is 0 Å². The van der Waals surface area contributed by atoms with Gasteiger partial charge in [-0.15, -0.1) is 0 Å². The third-order valence-electron chi connectivity index (χ3n) is 2.59. The van der Waals surface area contributed by atoms with Crippen molar-refractivity contribution in [2.24, 2.45) is 0 Å². The van der Waals surface area contributed by atoms with Gasteiger partial charge in [0.25, 0.3) is 0 Å². The fraction of sp³-hybridized carbons (Fsp3) is 0.0714. The highest BCUT2D eigenvalue weighted by atomic mass is 35.5. The molecule has 0 aliphatic heterocycles. The van der Waals surface area contributed by atoms with Crippen LogP contribution in [0.5, 0.6) is 0 Å². The third kappa shape index (κ3) is 3.80. The van der Waals surface area contributed by atoms with Crippen LogP contribution in [0.2, 0.25) is 20.1 Å². The summed E-state index contributed by atoms with van der Waals surface area (Å²) in [4.78, 5) is 12.0. The third-order valence-corrected chi connectivity index (χ3v) is 4.00. The van der Waals surface area contributed by atoms with Crippen molar-refractivity contribution in [1.82, 2.24) is 0 Å². The number of benzene rings is 2. The summed E-state index contributed by atoms with van der Waals surface area (Å²) in [6, 6.07) is 10.0. The molecule has 0 aliphatic rings.